The van der Waals surface area contributed by atoms with Gasteiger partial charge in [-0.3, -0.25) is 4.79 Å². The molecular formula is C16H21ClN2OS. The molecule has 2 unspecified atom stereocenters. The van der Waals surface area contributed by atoms with Crippen molar-refractivity contribution in [1.82, 2.24) is 10.2 Å². The smallest absolute Gasteiger partial charge is 0.232 e. The molecule has 2 fully saturated rings. The topological polar surface area (TPSA) is 32.3 Å². The minimum Gasteiger partial charge on any atom is -0.340 e. The third-order valence-corrected chi connectivity index (χ3v) is 5.48. The molecule has 0 aliphatic carbocycles. The number of carbonyl (C=O) groups is 1. The standard InChI is InChI=1S/C16H21ClN2OS/c17-13-3-1-2-12(8-13)10-21-11-16(20)19-7-6-14-4-5-15(9-19)18-14/h1-3,8,14-15,18H,4-7,9-11H2. The van der Waals surface area contributed by atoms with Gasteiger partial charge in [-0.25, -0.2) is 0 Å². The highest BCUT2D eigenvalue weighted by Gasteiger charge is 2.30. The number of hydrogen-bond donors (Lipinski definition) is 1. The van der Waals surface area contributed by atoms with Crippen LogP contribution in [0, 0.1) is 0 Å². The molecule has 5 heteroatoms. The fourth-order valence-corrected chi connectivity index (χ4v) is 4.23. The molecule has 2 aliphatic rings. The van der Waals surface area contributed by atoms with Crippen molar-refractivity contribution in [2.75, 3.05) is 18.8 Å². The van der Waals surface area contributed by atoms with E-state index < -0.39 is 0 Å². The molecule has 2 bridgehead atoms. The maximum absolute atomic E-state index is 12.3. The third-order valence-electron chi connectivity index (χ3n) is 4.26. The monoisotopic (exact) mass is 324 g/mol. The Hall–Kier alpha value is -0.710. The predicted octanol–water partition coefficient (Wildman–Crippen LogP) is 2.93. The molecule has 0 aromatic heterocycles. The van der Waals surface area contributed by atoms with Crippen LogP contribution in [-0.2, 0) is 10.5 Å². The molecule has 0 radical (unpaired) electrons. The summed E-state index contributed by atoms with van der Waals surface area (Å²) in [6.45, 7) is 1.79. The van der Waals surface area contributed by atoms with Crippen LogP contribution in [0.4, 0.5) is 0 Å². The van der Waals surface area contributed by atoms with Gasteiger partial charge in [-0.1, -0.05) is 23.7 Å². The van der Waals surface area contributed by atoms with Gasteiger partial charge in [0.15, 0.2) is 0 Å². The van der Waals surface area contributed by atoms with Gasteiger partial charge in [0.2, 0.25) is 5.91 Å². The first-order valence-corrected chi connectivity index (χ1v) is 9.10. The predicted molar refractivity (Wildman–Crippen MR) is 88.8 cm³/mol. The number of amides is 1. The van der Waals surface area contributed by atoms with Gasteiger partial charge < -0.3 is 10.2 Å². The van der Waals surface area contributed by atoms with Crippen LogP contribution in [0.25, 0.3) is 0 Å². The largest absolute Gasteiger partial charge is 0.340 e. The van der Waals surface area contributed by atoms with Gasteiger partial charge in [0, 0.05) is 35.9 Å². The molecule has 2 atom stereocenters. The van der Waals surface area contributed by atoms with E-state index in [-0.39, 0.29) is 5.91 Å². The van der Waals surface area contributed by atoms with Gasteiger partial charge in [0.25, 0.3) is 0 Å². The summed E-state index contributed by atoms with van der Waals surface area (Å²) in [5, 5.41) is 4.37. The highest BCUT2D eigenvalue weighted by atomic mass is 35.5. The van der Waals surface area contributed by atoms with Crippen molar-refractivity contribution >= 4 is 29.3 Å². The summed E-state index contributed by atoms with van der Waals surface area (Å²) in [5.41, 5.74) is 1.18. The first-order chi connectivity index (χ1) is 10.2. The van der Waals surface area contributed by atoms with E-state index in [4.69, 9.17) is 11.6 Å². The first kappa shape index (κ1) is 15.2. The number of fused-ring (bicyclic) bond motifs is 2. The quantitative estimate of drug-likeness (QED) is 0.924. The van der Waals surface area contributed by atoms with E-state index in [9.17, 15) is 4.79 Å². The van der Waals surface area contributed by atoms with E-state index >= 15 is 0 Å². The van der Waals surface area contributed by atoms with Crippen molar-refractivity contribution in [3.63, 3.8) is 0 Å². The summed E-state index contributed by atoms with van der Waals surface area (Å²) < 4.78 is 0. The van der Waals surface area contributed by atoms with E-state index in [1.807, 2.05) is 23.1 Å². The first-order valence-electron chi connectivity index (χ1n) is 7.57. The molecule has 1 amide bonds. The van der Waals surface area contributed by atoms with E-state index in [0.717, 1.165) is 30.3 Å². The second-order valence-corrected chi connectivity index (χ2v) is 7.31. The molecule has 0 saturated carbocycles. The zero-order chi connectivity index (χ0) is 14.7. The number of likely N-dealkylation sites (tertiary alicyclic amines) is 1. The van der Waals surface area contributed by atoms with Crippen LogP contribution in [-0.4, -0.2) is 41.7 Å². The molecule has 1 aromatic rings. The summed E-state index contributed by atoms with van der Waals surface area (Å²) in [5.74, 6) is 1.67. The summed E-state index contributed by atoms with van der Waals surface area (Å²) in [4.78, 5) is 14.4. The zero-order valence-electron chi connectivity index (χ0n) is 12.1. The van der Waals surface area contributed by atoms with Crippen molar-refractivity contribution in [2.45, 2.75) is 37.1 Å². The van der Waals surface area contributed by atoms with Gasteiger partial charge in [0.05, 0.1) is 5.75 Å². The fraction of sp³-hybridized carbons (Fsp3) is 0.562. The molecule has 2 heterocycles. The molecule has 21 heavy (non-hydrogen) atoms. The number of halogens is 1. The van der Waals surface area contributed by atoms with Crippen LogP contribution in [0.1, 0.15) is 24.8 Å². The zero-order valence-corrected chi connectivity index (χ0v) is 13.6. The van der Waals surface area contributed by atoms with Gasteiger partial charge in [-0.05, 0) is 37.0 Å². The Labute approximate surface area is 135 Å². The van der Waals surface area contributed by atoms with Gasteiger partial charge in [-0.2, -0.15) is 0 Å². The lowest BCUT2D eigenvalue weighted by Crippen LogP contribution is -2.39. The summed E-state index contributed by atoms with van der Waals surface area (Å²) >= 11 is 7.64. The van der Waals surface area contributed by atoms with Gasteiger partial charge in [0.1, 0.15) is 0 Å². The molecule has 2 saturated heterocycles. The number of nitrogens with one attached hydrogen (secondary N) is 1. The van der Waals surface area contributed by atoms with Crippen LogP contribution >= 0.6 is 23.4 Å². The molecule has 2 aliphatic heterocycles. The van der Waals surface area contributed by atoms with Crippen molar-refractivity contribution < 1.29 is 4.79 Å². The Morgan fingerprint density at radius 3 is 3.05 bits per heavy atom. The van der Waals surface area contributed by atoms with Crippen molar-refractivity contribution in [3.05, 3.63) is 34.9 Å². The Morgan fingerprint density at radius 1 is 1.33 bits per heavy atom. The average molecular weight is 325 g/mol. The molecule has 1 N–H and O–H groups in total. The van der Waals surface area contributed by atoms with Crippen molar-refractivity contribution in [1.29, 1.82) is 0 Å². The number of hydrogen-bond acceptors (Lipinski definition) is 3. The SMILES string of the molecule is O=C(CSCc1cccc(Cl)c1)N1CCC2CCC(C1)N2. The molecule has 0 spiro atoms. The number of benzene rings is 1. The number of carbonyl (C=O) groups excluding carboxylic acids is 1. The summed E-state index contributed by atoms with van der Waals surface area (Å²) in [6, 6.07) is 9.00. The van der Waals surface area contributed by atoms with Gasteiger partial charge in [-0.15, -0.1) is 11.8 Å². The van der Waals surface area contributed by atoms with Crippen LogP contribution in [0.3, 0.4) is 0 Å². The van der Waals surface area contributed by atoms with Crippen LogP contribution in [0.15, 0.2) is 24.3 Å². The van der Waals surface area contributed by atoms with Crippen molar-refractivity contribution in [3.8, 4) is 0 Å². The Bertz CT molecular complexity index is 511. The maximum atomic E-state index is 12.3. The van der Waals surface area contributed by atoms with Crippen LogP contribution in [0.5, 0.6) is 0 Å². The highest BCUT2D eigenvalue weighted by molar-refractivity contribution is 7.99. The third kappa shape index (κ3) is 4.15. The van der Waals surface area contributed by atoms with Gasteiger partial charge >= 0.3 is 0 Å². The van der Waals surface area contributed by atoms with E-state index in [2.05, 4.69) is 11.4 Å². The Morgan fingerprint density at radius 2 is 2.19 bits per heavy atom. The highest BCUT2D eigenvalue weighted by Crippen LogP contribution is 2.22. The molecular weight excluding hydrogens is 304 g/mol. The summed E-state index contributed by atoms with van der Waals surface area (Å²) in [7, 11) is 0. The second kappa shape index (κ2) is 7.03. The lowest BCUT2D eigenvalue weighted by Gasteiger charge is -2.24. The lowest BCUT2D eigenvalue weighted by molar-refractivity contribution is -0.128. The molecule has 1 aromatic carbocycles. The minimum absolute atomic E-state index is 0.274. The number of thioether (sulfide) groups is 1. The van der Waals surface area contributed by atoms with Crippen molar-refractivity contribution in [2.24, 2.45) is 0 Å². The number of nitrogens with zero attached hydrogens (tertiary/aromatic N) is 1. The second-order valence-electron chi connectivity index (χ2n) is 5.89. The minimum atomic E-state index is 0.274. The molecule has 3 rings (SSSR count). The van der Waals surface area contributed by atoms with E-state index in [1.165, 1.54) is 18.4 Å². The van der Waals surface area contributed by atoms with Crippen LogP contribution in [0.2, 0.25) is 5.02 Å². The number of rotatable bonds is 4. The molecule has 3 nitrogen and oxygen atoms in total. The van der Waals surface area contributed by atoms with Crippen LogP contribution < -0.4 is 5.32 Å². The Kier molecular flexibility index (Phi) is 5.09. The maximum Gasteiger partial charge on any atom is 0.232 e. The Balaban J connectivity index is 1.45. The molecule has 114 valence electrons. The van der Waals surface area contributed by atoms with E-state index in [0.29, 0.717) is 17.8 Å². The summed E-state index contributed by atoms with van der Waals surface area (Å²) in [6.07, 6.45) is 3.58. The normalized spacial score (nSPS) is 24.9. The fourth-order valence-electron chi connectivity index (χ4n) is 3.14. The van der Waals surface area contributed by atoms with E-state index in [1.54, 1.807) is 11.8 Å². The average Bonchev–Trinajstić information content (AvgIpc) is 2.78. The lowest BCUT2D eigenvalue weighted by atomic mass is 10.1.